The summed E-state index contributed by atoms with van der Waals surface area (Å²) in [5, 5.41) is 0. The molecule has 0 spiro atoms. The van der Waals surface area contributed by atoms with E-state index in [1.165, 1.54) is 11.9 Å². The smallest absolute Gasteiger partial charge is 0.328 e. The Morgan fingerprint density at radius 2 is 2.00 bits per heavy atom. The molecule has 3 amide bonds. The molecule has 1 saturated heterocycles. The van der Waals surface area contributed by atoms with E-state index in [1.807, 2.05) is 0 Å². The maximum atomic E-state index is 12.1. The number of aliphatic imine (C=N–C) groups is 1. The number of amidine groups is 1. The molecule has 18 heavy (non-hydrogen) atoms. The van der Waals surface area contributed by atoms with Gasteiger partial charge in [-0.05, 0) is 0 Å². The van der Waals surface area contributed by atoms with Gasteiger partial charge in [0.2, 0.25) is 0 Å². The number of carbonyl (C=O) groups excluding carboxylic acids is 2. The van der Waals surface area contributed by atoms with Gasteiger partial charge in [-0.1, -0.05) is 12.7 Å². The first-order chi connectivity index (χ1) is 8.49. The standard InChI is InChI=1S/C11H16N4O3/c1-5-6-18-10-12-8-7(13(10)2)9(16)15(4)11(17)14(8)3/h5,7-8H,1,6H2,2-4H3/t7-,8+/m1/s1. The second-order valence-electron chi connectivity index (χ2n) is 4.27. The molecule has 0 radical (unpaired) electrons. The minimum atomic E-state index is -0.522. The van der Waals surface area contributed by atoms with Gasteiger partial charge in [0.05, 0.1) is 0 Å². The van der Waals surface area contributed by atoms with Crippen molar-refractivity contribution in [3.05, 3.63) is 12.7 Å². The molecule has 7 nitrogen and oxygen atoms in total. The summed E-state index contributed by atoms with van der Waals surface area (Å²) < 4.78 is 5.37. The van der Waals surface area contributed by atoms with E-state index >= 15 is 0 Å². The molecule has 98 valence electrons. The fourth-order valence-electron chi connectivity index (χ4n) is 2.10. The molecule has 0 aliphatic carbocycles. The zero-order valence-corrected chi connectivity index (χ0v) is 10.7. The number of ether oxygens (including phenoxy) is 1. The average Bonchev–Trinajstić information content (AvgIpc) is 2.69. The maximum Gasteiger partial charge on any atom is 0.328 e. The van der Waals surface area contributed by atoms with Crippen molar-refractivity contribution in [3.8, 4) is 0 Å². The predicted octanol–water partition coefficient (Wildman–Crippen LogP) is -0.291. The van der Waals surface area contributed by atoms with Crippen LogP contribution in [-0.4, -0.2) is 72.6 Å². The Hall–Kier alpha value is -2.05. The first-order valence-electron chi connectivity index (χ1n) is 5.57. The van der Waals surface area contributed by atoms with Gasteiger partial charge in [0.25, 0.3) is 11.9 Å². The molecule has 0 aromatic rings. The molecule has 0 aromatic heterocycles. The van der Waals surface area contributed by atoms with E-state index in [1.54, 1.807) is 25.1 Å². The van der Waals surface area contributed by atoms with Gasteiger partial charge in [-0.25, -0.2) is 9.79 Å². The normalized spacial score (nSPS) is 27.3. The highest BCUT2D eigenvalue weighted by Crippen LogP contribution is 2.25. The second-order valence-corrected chi connectivity index (χ2v) is 4.27. The maximum absolute atomic E-state index is 12.1. The largest absolute Gasteiger partial charge is 0.461 e. The Balaban J connectivity index is 2.27. The van der Waals surface area contributed by atoms with Crippen LogP contribution in [0, 0.1) is 0 Å². The summed E-state index contributed by atoms with van der Waals surface area (Å²) in [6.07, 6.45) is 1.08. The van der Waals surface area contributed by atoms with Crippen molar-refractivity contribution in [2.24, 2.45) is 4.99 Å². The number of hydrogen-bond acceptors (Lipinski definition) is 5. The molecule has 7 heteroatoms. The van der Waals surface area contributed by atoms with E-state index in [-0.39, 0.29) is 11.9 Å². The Kier molecular flexibility index (Phi) is 2.98. The molecule has 0 bridgehead atoms. The lowest BCUT2D eigenvalue weighted by atomic mass is 10.1. The van der Waals surface area contributed by atoms with Crippen LogP contribution in [0.5, 0.6) is 0 Å². The van der Waals surface area contributed by atoms with Gasteiger partial charge in [0, 0.05) is 21.1 Å². The topological polar surface area (TPSA) is 65.5 Å². The van der Waals surface area contributed by atoms with Crippen LogP contribution in [0.4, 0.5) is 4.79 Å². The number of hydrogen-bond donors (Lipinski definition) is 0. The van der Waals surface area contributed by atoms with Crippen LogP contribution in [0.15, 0.2) is 17.6 Å². The lowest BCUT2D eigenvalue weighted by molar-refractivity contribution is -0.135. The second kappa shape index (κ2) is 4.32. The zero-order valence-electron chi connectivity index (χ0n) is 10.7. The average molecular weight is 252 g/mol. The monoisotopic (exact) mass is 252 g/mol. The molecule has 0 saturated carbocycles. The SMILES string of the molecule is C=CCOC1=N[C@@H]2[C@H](C(=O)N(C)C(=O)N2C)N1C. The van der Waals surface area contributed by atoms with Gasteiger partial charge in [-0.15, -0.1) is 0 Å². The van der Waals surface area contributed by atoms with Crippen LogP contribution >= 0.6 is 0 Å². The fourth-order valence-corrected chi connectivity index (χ4v) is 2.10. The van der Waals surface area contributed by atoms with Crippen LogP contribution in [0.3, 0.4) is 0 Å². The van der Waals surface area contributed by atoms with Crippen LogP contribution in [0.25, 0.3) is 0 Å². The van der Waals surface area contributed by atoms with Crippen molar-refractivity contribution in [1.29, 1.82) is 0 Å². The molecule has 2 atom stereocenters. The van der Waals surface area contributed by atoms with Gasteiger partial charge in [-0.3, -0.25) is 9.69 Å². The third kappa shape index (κ3) is 1.62. The van der Waals surface area contributed by atoms with Crippen molar-refractivity contribution in [1.82, 2.24) is 14.7 Å². The molecule has 2 rings (SSSR count). The number of nitrogens with zero attached hydrogens (tertiary/aromatic N) is 4. The number of likely N-dealkylation sites (N-methyl/N-ethyl adjacent to an activating group) is 3. The number of imide groups is 1. The predicted molar refractivity (Wildman–Crippen MR) is 64.9 cm³/mol. The van der Waals surface area contributed by atoms with E-state index in [4.69, 9.17) is 4.74 Å². The van der Waals surface area contributed by atoms with Gasteiger partial charge >= 0.3 is 6.03 Å². The lowest BCUT2D eigenvalue weighted by Crippen LogP contribution is -2.63. The van der Waals surface area contributed by atoms with E-state index in [0.717, 1.165) is 4.90 Å². The van der Waals surface area contributed by atoms with Crippen molar-refractivity contribution >= 4 is 18.0 Å². The Labute approximate surface area is 105 Å². The fraction of sp³-hybridized carbons (Fsp3) is 0.545. The highest BCUT2D eigenvalue weighted by Gasteiger charge is 2.50. The van der Waals surface area contributed by atoms with E-state index in [9.17, 15) is 9.59 Å². The van der Waals surface area contributed by atoms with Crippen molar-refractivity contribution in [2.75, 3.05) is 27.7 Å². The first kappa shape index (κ1) is 12.4. The van der Waals surface area contributed by atoms with Crippen molar-refractivity contribution in [2.45, 2.75) is 12.2 Å². The summed E-state index contributed by atoms with van der Waals surface area (Å²) in [6, 6.07) is -0.519. The quantitative estimate of drug-likeness (QED) is 0.633. The van der Waals surface area contributed by atoms with Crippen molar-refractivity contribution < 1.29 is 14.3 Å². The number of amides is 3. The summed E-state index contributed by atoms with van der Waals surface area (Å²) in [7, 11) is 4.81. The van der Waals surface area contributed by atoms with Crippen LogP contribution in [0.2, 0.25) is 0 Å². The molecule has 2 heterocycles. The molecule has 0 N–H and O–H groups in total. The number of rotatable bonds is 2. The van der Waals surface area contributed by atoms with E-state index in [2.05, 4.69) is 11.6 Å². The Morgan fingerprint density at radius 1 is 1.33 bits per heavy atom. The summed E-state index contributed by atoms with van der Waals surface area (Å²) >= 11 is 0. The third-order valence-corrected chi connectivity index (χ3v) is 3.14. The van der Waals surface area contributed by atoms with Gasteiger partial charge in [-0.2, -0.15) is 0 Å². The van der Waals surface area contributed by atoms with Gasteiger partial charge in [0.15, 0.2) is 12.2 Å². The molecule has 1 fully saturated rings. The highest BCUT2D eigenvalue weighted by molar-refractivity contribution is 6.02. The highest BCUT2D eigenvalue weighted by atomic mass is 16.5. The third-order valence-electron chi connectivity index (χ3n) is 3.14. The Morgan fingerprint density at radius 3 is 2.61 bits per heavy atom. The molecular formula is C11H16N4O3. The molecule has 0 unspecified atom stereocenters. The molecular weight excluding hydrogens is 236 g/mol. The molecule has 2 aliphatic heterocycles. The summed E-state index contributed by atoms with van der Waals surface area (Å²) in [4.78, 5) is 32.3. The van der Waals surface area contributed by atoms with Crippen LogP contribution in [0.1, 0.15) is 0 Å². The molecule has 2 aliphatic rings. The summed E-state index contributed by atoms with van der Waals surface area (Å²) in [5.41, 5.74) is 0. The summed E-state index contributed by atoms with van der Waals surface area (Å²) in [5.74, 6) is -0.272. The van der Waals surface area contributed by atoms with Gasteiger partial charge in [0.1, 0.15) is 6.61 Å². The number of fused-ring (bicyclic) bond motifs is 1. The minimum absolute atomic E-state index is 0.272. The summed E-state index contributed by atoms with van der Waals surface area (Å²) in [6.45, 7) is 3.86. The zero-order chi connectivity index (χ0) is 13.4. The Bertz CT molecular complexity index is 434. The minimum Gasteiger partial charge on any atom is -0.461 e. The number of urea groups is 1. The number of carbonyl (C=O) groups is 2. The van der Waals surface area contributed by atoms with Crippen molar-refractivity contribution in [3.63, 3.8) is 0 Å². The van der Waals surface area contributed by atoms with Gasteiger partial charge < -0.3 is 14.5 Å². The van der Waals surface area contributed by atoms with E-state index in [0.29, 0.717) is 12.6 Å². The van der Waals surface area contributed by atoms with Crippen LogP contribution < -0.4 is 0 Å². The van der Waals surface area contributed by atoms with E-state index < -0.39 is 12.2 Å². The lowest BCUT2D eigenvalue weighted by Gasteiger charge is -2.38. The first-order valence-corrected chi connectivity index (χ1v) is 5.57. The van der Waals surface area contributed by atoms with Crippen LogP contribution in [-0.2, 0) is 9.53 Å². The molecule has 0 aromatic carbocycles.